The van der Waals surface area contributed by atoms with Crippen LogP contribution in [-0.4, -0.2) is 56.2 Å². The van der Waals surface area contributed by atoms with Gasteiger partial charge in [-0.25, -0.2) is 8.42 Å². The average Bonchev–Trinajstić information content (AvgIpc) is 1.99. The first kappa shape index (κ1) is 12.9. The molecule has 1 heterocycles. The molecular weight excluding hydrogens is 214 g/mol. The molecule has 0 spiro atoms. The lowest BCUT2D eigenvalue weighted by molar-refractivity contribution is -0.0296. The second kappa shape index (κ2) is 4.80. The largest absolute Gasteiger partial charge is 0.389 e. The third kappa shape index (κ3) is 4.95. The van der Waals surface area contributed by atoms with Crippen molar-refractivity contribution in [3.8, 4) is 0 Å². The molecule has 0 bridgehead atoms. The average molecular weight is 235 g/mol. The summed E-state index contributed by atoms with van der Waals surface area (Å²) in [6.45, 7) is 1.69. The summed E-state index contributed by atoms with van der Waals surface area (Å²) in [6, 6.07) is 0. The van der Waals surface area contributed by atoms with E-state index in [1.54, 1.807) is 0 Å². The molecule has 1 aliphatic heterocycles. The van der Waals surface area contributed by atoms with Crippen LogP contribution < -0.4 is 0 Å². The van der Waals surface area contributed by atoms with Gasteiger partial charge in [0.2, 0.25) is 0 Å². The maximum absolute atomic E-state index is 10.9. The van der Waals surface area contributed by atoms with Gasteiger partial charge in [-0.2, -0.15) is 0 Å². The molecule has 1 atom stereocenters. The number of piperidine rings is 1. The number of sulfone groups is 1. The Balaban J connectivity index is 2.36. The van der Waals surface area contributed by atoms with Gasteiger partial charge in [0.05, 0.1) is 5.60 Å². The molecule has 1 saturated heterocycles. The summed E-state index contributed by atoms with van der Waals surface area (Å²) in [4.78, 5) is 2.10. The van der Waals surface area contributed by atoms with Gasteiger partial charge in [-0.3, -0.25) is 0 Å². The van der Waals surface area contributed by atoms with Gasteiger partial charge >= 0.3 is 0 Å². The zero-order valence-electron chi connectivity index (χ0n) is 9.57. The summed E-state index contributed by atoms with van der Waals surface area (Å²) >= 11 is 0. The zero-order valence-corrected chi connectivity index (χ0v) is 10.4. The Kier molecular flexibility index (Phi) is 4.14. The van der Waals surface area contributed by atoms with E-state index in [2.05, 4.69) is 4.90 Å². The van der Waals surface area contributed by atoms with Gasteiger partial charge in [0.25, 0.3) is 0 Å². The van der Waals surface area contributed by atoms with Crippen LogP contribution in [0.2, 0.25) is 0 Å². The van der Waals surface area contributed by atoms with E-state index in [4.69, 9.17) is 0 Å². The molecule has 1 N–H and O–H groups in total. The summed E-state index contributed by atoms with van der Waals surface area (Å²) in [7, 11) is -0.903. The molecule has 0 aromatic heterocycles. The summed E-state index contributed by atoms with van der Waals surface area (Å²) in [5.74, 6) is 0.180. The Hall–Kier alpha value is -0.130. The van der Waals surface area contributed by atoms with Crippen LogP contribution in [0.15, 0.2) is 0 Å². The van der Waals surface area contributed by atoms with Crippen molar-refractivity contribution in [1.82, 2.24) is 4.90 Å². The van der Waals surface area contributed by atoms with E-state index in [9.17, 15) is 13.5 Å². The number of likely N-dealkylation sites (tertiary alicyclic amines) is 1. The smallest absolute Gasteiger partial charge is 0.147 e. The van der Waals surface area contributed by atoms with Gasteiger partial charge in [0.15, 0.2) is 0 Å². The fourth-order valence-corrected chi connectivity index (χ4v) is 2.87. The van der Waals surface area contributed by atoms with Gasteiger partial charge in [-0.15, -0.1) is 0 Å². The van der Waals surface area contributed by atoms with E-state index in [0.717, 1.165) is 19.4 Å². The second-order valence-corrected chi connectivity index (χ2v) is 7.06. The van der Waals surface area contributed by atoms with E-state index in [1.807, 2.05) is 7.05 Å². The van der Waals surface area contributed by atoms with Gasteiger partial charge in [0, 0.05) is 18.6 Å². The minimum atomic E-state index is -2.89. The first-order chi connectivity index (χ1) is 6.81. The van der Waals surface area contributed by atoms with E-state index in [0.29, 0.717) is 19.4 Å². The van der Waals surface area contributed by atoms with E-state index in [-0.39, 0.29) is 5.75 Å². The summed E-state index contributed by atoms with van der Waals surface area (Å²) in [6.07, 6.45) is 4.17. The quantitative estimate of drug-likeness (QED) is 0.760. The number of nitrogens with zero attached hydrogens (tertiary/aromatic N) is 1. The van der Waals surface area contributed by atoms with Gasteiger partial charge < -0.3 is 10.0 Å². The number of likely N-dealkylation sites (N-methyl/N-ethyl adjacent to an activating group) is 1. The predicted molar refractivity (Wildman–Crippen MR) is 60.6 cm³/mol. The van der Waals surface area contributed by atoms with E-state index >= 15 is 0 Å². The fraction of sp³-hybridized carbons (Fsp3) is 1.00. The summed E-state index contributed by atoms with van der Waals surface area (Å²) in [5, 5.41) is 10.2. The normalized spacial score (nSPS) is 29.3. The highest BCUT2D eigenvalue weighted by molar-refractivity contribution is 7.90. The Bertz CT molecular complexity index is 302. The molecule has 0 amide bonds. The lowest BCUT2D eigenvalue weighted by Crippen LogP contribution is -2.46. The van der Waals surface area contributed by atoms with E-state index in [1.165, 1.54) is 6.26 Å². The van der Waals surface area contributed by atoms with Crippen molar-refractivity contribution >= 4 is 9.84 Å². The van der Waals surface area contributed by atoms with Crippen molar-refractivity contribution in [2.75, 3.05) is 32.1 Å². The van der Waals surface area contributed by atoms with Crippen LogP contribution in [-0.2, 0) is 9.84 Å². The Labute approximate surface area is 92.2 Å². The number of hydrogen-bond donors (Lipinski definition) is 1. The third-order valence-corrected chi connectivity index (χ3v) is 3.93. The highest BCUT2D eigenvalue weighted by Gasteiger charge is 2.31. The monoisotopic (exact) mass is 235 g/mol. The standard InChI is InChI=1S/C10H21NO3S/c1-11-7-3-5-10(12,9-11)6-4-8-15(2,13)14/h12H,3-9H2,1-2H3. The molecule has 1 unspecified atom stereocenters. The molecule has 0 radical (unpaired) electrons. The lowest BCUT2D eigenvalue weighted by Gasteiger charge is -2.37. The maximum Gasteiger partial charge on any atom is 0.147 e. The summed E-state index contributed by atoms with van der Waals surface area (Å²) < 4.78 is 21.9. The van der Waals surface area contributed by atoms with Crippen molar-refractivity contribution in [2.45, 2.75) is 31.3 Å². The fourth-order valence-electron chi connectivity index (χ4n) is 2.21. The molecule has 1 rings (SSSR count). The Morgan fingerprint density at radius 3 is 2.67 bits per heavy atom. The SMILES string of the molecule is CN1CCCC(O)(CCCS(C)(=O)=O)C1. The van der Waals surface area contributed by atoms with Crippen LogP contribution in [0.5, 0.6) is 0 Å². The van der Waals surface area contributed by atoms with Crippen molar-refractivity contribution in [2.24, 2.45) is 0 Å². The van der Waals surface area contributed by atoms with Crippen LogP contribution >= 0.6 is 0 Å². The van der Waals surface area contributed by atoms with Crippen molar-refractivity contribution in [3.05, 3.63) is 0 Å². The molecule has 90 valence electrons. The van der Waals surface area contributed by atoms with Gasteiger partial charge in [-0.05, 0) is 39.3 Å². The number of rotatable bonds is 4. The molecule has 0 aliphatic carbocycles. The Morgan fingerprint density at radius 1 is 1.47 bits per heavy atom. The summed E-state index contributed by atoms with van der Waals surface area (Å²) in [5.41, 5.74) is -0.669. The van der Waals surface area contributed by atoms with E-state index < -0.39 is 15.4 Å². The van der Waals surface area contributed by atoms with Crippen LogP contribution in [0.1, 0.15) is 25.7 Å². The minimum Gasteiger partial charge on any atom is -0.389 e. The van der Waals surface area contributed by atoms with Crippen LogP contribution in [0.4, 0.5) is 0 Å². The molecule has 4 nitrogen and oxygen atoms in total. The maximum atomic E-state index is 10.9. The topological polar surface area (TPSA) is 57.6 Å². The Morgan fingerprint density at radius 2 is 2.13 bits per heavy atom. The molecule has 0 saturated carbocycles. The lowest BCUT2D eigenvalue weighted by atomic mass is 9.89. The van der Waals surface area contributed by atoms with Crippen molar-refractivity contribution < 1.29 is 13.5 Å². The third-order valence-electron chi connectivity index (χ3n) is 2.90. The minimum absolute atomic E-state index is 0.180. The van der Waals surface area contributed by atoms with Crippen LogP contribution in [0, 0.1) is 0 Å². The molecule has 0 aromatic rings. The number of β-amino-alcohol motifs (C(OH)–C–C–N with tert-alkyl or cyclic N) is 1. The molecule has 1 aliphatic rings. The first-order valence-electron chi connectivity index (χ1n) is 5.39. The van der Waals surface area contributed by atoms with Gasteiger partial charge in [-0.1, -0.05) is 0 Å². The molecule has 5 heteroatoms. The number of aliphatic hydroxyl groups is 1. The number of hydrogen-bond acceptors (Lipinski definition) is 4. The zero-order chi connectivity index (χ0) is 11.5. The highest BCUT2D eigenvalue weighted by Crippen LogP contribution is 2.25. The van der Waals surface area contributed by atoms with Crippen molar-refractivity contribution in [1.29, 1.82) is 0 Å². The highest BCUT2D eigenvalue weighted by atomic mass is 32.2. The van der Waals surface area contributed by atoms with Crippen LogP contribution in [0.3, 0.4) is 0 Å². The van der Waals surface area contributed by atoms with Gasteiger partial charge in [0.1, 0.15) is 9.84 Å². The molecule has 15 heavy (non-hydrogen) atoms. The van der Waals surface area contributed by atoms with Crippen LogP contribution in [0.25, 0.3) is 0 Å². The van der Waals surface area contributed by atoms with Crippen molar-refractivity contribution in [3.63, 3.8) is 0 Å². The second-order valence-electron chi connectivity index (χ2n) is 4.80. The molecular formula is C10H21NO3S. The molecule has 0 aromatic carbocycles. The first-order valence-corrected chi connectivity index (χ1v) is 7.45. The molecule has 1 fully saturated rings. The predicted octanol–water partition coefficient (Wildman–Crippen LogP) is 0.268.